The molecule has 20 heavy (non-hydrogen) atoms. The molecule has 1 saturated heterocycles. The van der Waals surface area contributed by atoms with Crippen molar-refractivity contribution in [3.8, 4) is 0 Å². The van der Waals surface area contributed by atoms with E-state index in [0.717, 1.165) is 0 Å². The summed E-state index contributed by atoms with van der Waals surface area (Å²) in [5.41, 5.74) is 0.921. The number of benzene rings is 1. The maximum atomic E-state index is 12.4. The molecule has 0 spiro atoms. The van der Waals surface area contributed by atoms with Gasteiger partial charge in [-0.2, -0.15) is 0 Å². The summed E-state index contributed by atoms with van der Waals surface area (Å²) in [6, 6.07) is 6.52. The van der Waals surface area contributed by atoms with Gasteiger partial charge in [0.25, 0.3) is 11.8 Å². The zero-order valence-electron chi connectivity index (χ0n) is 11.8. The number of carbonyl (C=O) groups is 2. The Kier molecular flexibility index (Phi) is 2.92. The van der Waals surface area contributed by atoms with Crippen LogP contribution in [0.5, 0.6) is 0 Å². The zero-order valence-corrected chi connectivity index (χ0v) is 11.8. The third-order valence-corrected chi connectivity index (χ3v) is 3.80. The highest BCUT2D eigenvalue weighted by Gasteiger charge is 2.44. The fraction of sp³-hybridized carbons (Fsp3) is 0.467. The van der Waals surface area contributed by atoms with E-state index >= 15 is 0 Å². The van der Waals surface area contributed by atoms with Crippen molar-refractivity contribution < 1.29 is 19.1 Å². The summed E-state index contributed by atoms with van der Waals surface area (Å²) in [5.74, 6) is -1.18. The Bertz CT molecular complexity index is 546. The second-order valence-electron chi connectivity index (χ2n) is 5.63. The highest BCUT2D eigenvalue weighted by Crippen LogP contribution is 2.30. The van der Waals surface area contributed by atoms with Crippen LogP contribution in [0.25, 0.3) is 0 Å². The highest BCUT2D eigenvalue weighted by atomic mass is 16.7. The van der Waals surface area contributed by atoms with Crippen molar-refractivity contribution in [2.24, 2.45) is 0 Å². The molecular formula is C15H17NO4. The lowest BCUT2D eigenvalue weighted by Gasteiger charge is -2.27. The van der Waals surface area contributed by atoms with Crippen molar-refractivity contribution in [3.63, 3.8) is 0 Å². The SMILES string of the molecule is C[C@H]([C@H]1COC(C)(C)O1)N1C(=O)c2ccccc2C1=O. The lowest BCUT2D eigenvalue weighted by molar-refractivity contribution is -0.143. The first-order chi connectivity index (χ1) is 9.41. The average Bonchev–Trinajstić information content (AvgIpc) is 2.89. The van der Waals surface area contributed by atoms with Crippen molar-refractivity contribution >= 4 is 11.8 Å². The van der Waals surface area contributed by atoms with Crippen LogP contribution >= 0.6 is 0 Å². The Labute approximate surface area is 117 Å². The molecule has 1 aromatic carbocycles. The standard InChI is InChI=1S/C15H17NO4/c1-9(12-8-19-15(2,3)20-12)16-13(17)10-6-4-5-7-11(10)14(16)18/h4-7,9,12H,8H2,1-3H3/t9-,12-/m1/s1. The van der Waals surface area contributed by atoms with Crippen LogP contribution in [0.4, 0.5) is 0 Å². The molecule has 2 atom stereocenters. The van der Waals surface area contributed by atoms with Gasteiger partial charge in [0.1, 0.15) is 6.10 Å². The number of amides is 2. The topological polar surface area (TPSA) is 55.8 Å². The van der Waals surface area contributed by atoms with Crippen molar-refractivity contribution in [1.29, 1.82) is 0 Å². The quantitative estimate of drug-likeness (QED) is 0.773. The summed E-state index contributed by atoms with van der Waals surface area (Å²) in [7, 11) is 0. The molecule has 2 aliphatic heterocycles. The number of hydrogen-bond acceptors (Lipinski definition) is 4. The predicted octanol–water partition coefficient (Wildman–Crippen LogP) is 1.82. The normalized spacial score (nSPS) is 25.9. The molecule has 5 nitrogen and oxygen atoms in total. The van der Waals surface area contributed by atoms with Gasteiger partial charge in [-0.15, -0.1) is 0 Å². The zero-order chi connectivity index (χ0) is 14.5. The summed E-state index contributed by atoms with van der Waals surface area (Å²) in [4.78, 5) is 26.0. The average molecular weight is 275 g/mol. The van der Waals surface area contributed by atoms with E-state index < -0.39 is 5.79 Å². The number of rotatable bonds is 2. The molecule has 3 rings (SSSR count). The first-order valence-corrected chi connectivity index (χ1v) is 6.69. The first-order valence-electron chi connectivity index (χ1n) is 6.69. The first kappa shape index (κ1) is 13.3. The van der Waals surface area contributed by atoms with E-state index in [-0.39, 0.29) is 24.0 Å². The molecule has 0 radical (unpaired) electrons. The molecule has 2 aliphatic rings. The van der Waals surface area contributed by atoms with E-state index in [4.69, 9.17) is 9.47 Å². The fourth-order valence-electron chi connectivity index (χ4n) is 2.70. The molecular weight excluding hydrogens is 258 g/mol. The lowest BCUT2D eigenvalue weighted by Crippen LogP contribution is -2.46. The van der Waals surface area contributed by atoms with E-state index in [9.17, 15) is 9.59 Å². The minimum atomic E-state index is -0.669. The van der Waals surface area contributed by atoms with Gasteiger partial charge in [-0.3, -0.25) is 14.5 Å². The van der Waals surface area contributed by atoms with Crippen LogP contribution in [0.3, 0.4) is 0 Å². The summed E-state index contributed by atoms with van der Waals surface area (Å²) in [5, 5.41) is 0. The molecule has 106 valence electrons. The second-order valence-corrected chi connectivity index (χ2v) is 5.63. The lowest BCUT2D eigenvalue weighted by atomic mass is 10.1. The van der Waals surface area contributed by atoms with Crippen molar-refractivity contribution in [1.82, 2.24) is 4.90 Å². The van der Waals surface area contributed by atoms with Gasteiger partial charge < -0.3 is 9.47 Å². The molecule has 2 amide bonds. The van der Waals surface area contributed by atoms with Gasteiger partial charge in [0.15, 0.2) is 5.79 Å². The van der Waals surface area contributed by atoms with Crippen LogP contribution in [-0.2, 0) is 9.47 Å². The molecule has 0 aliphatic carbocycles. The maximum Gasteiger partial charge on any atom is 0.261 e. The molecule has 1 fully saturated rings. The Morgan fingerprint density at radius 1 is 1.20 bits per heavy atom. The number of carbonyl (C=O) groups excluding carboxylic acids is 2. The van der Waals surface area contributed by atoms with E-state index in [1.165, 1.54) is 4.90 Å². The van der Waals surface area contributed by atoms with Gasteiger partial charge in [0.2, 0.25) is 0 Å². The van der Waals surface area contributed by atoms with Gasteiger partial charge in [-0.1, -0.05) is 12.1 Å². The van der Waals surface area contributed by atoms with Crippen LogP contribution in [0.15, 0.2) is 24.3 Å². The van der Waals surface area contributed by atoms with Gasteiger partial charge in [-0.05, 0) is 32.9 Å². The van der Waals surface area contributed by atoms with Gasteiger partial charge >= 0.3 is 0 Å². The van der Waals surface area contributed by atoms with Crippen LogP contribution < -0.4 is 0 Å². The molecule has 0 saturated carbocycles. The fourth-order valence-corrected chi connectivity index (χ4v) is 2.70. The van der Waals surface area contributed by atoms with Crippen LogP contribution in [0, 0.1) is 0 Å². The predicted molar refractivity (Wildman–Crippen MR) is 71.3 cm³/mol. The van der Waals surface area contributed by atoms with Crippen LogP contribution in [0.1, 0.15) is 41.5 Å². The Balaban J connectivity index is 1.86. The largest absolute Gasteiger partial charge is 0.348 e. The minimum Gasteiger partial charge on any atom is -0.348 e. The number of hydrogen-bond donors (Lipinski definition) is 0. The smallest absolute Gasteiger partial charge is 0.261 e. The molecule has 0 aromatic heterocycles. The van der Waals surface area contributed by atoms with Crippen molar-refractivity contribution in [3.05, 3.63) is 35.4 Å². The van der Waals surface area contributed by atoms with Crippen LogP contribution in [0.2, 0.25) is 0 Å². The van der Waals surface area contributed by atoms with E-state index in [0.29, 0.717) is 17.7 Å². The number of ether oxygens (including phenoxy) is 2. The third-order valence-electron chi connectivity index (χ3n) is 3.80. The Morgan fingerprint density at radius 2 is 1.75 bits per heavy atom. The molecule has 0 bridgehead atoms. The molecule has 5 heteroatoms. The summed E-state index contributed by atoms with van der Waals surface area (Å²) in [6.07, 6.45) is -0.299. The van der Waals surface area contributed by atoms with Gasteiger partial charge in [0, 0.05) is 0 Å². The monoisotopic (exact) mass is 275 g/mol. The molecule has 1 aromatic rings. The summed E-state index contributed by atoms with van der Waals surface area (Å²) >= 11 is 0. The number of fused-ring (bicyclic) bond motifs is 1. The van der Waals surface area contributed by atoms with E-state index in [2.05, 4.69) is 0 Å². The summed E-state index contributed by atoms with van der Waals surface area (Å²) < 4.78 is 11.3. The van der Waals surface area contributed by atoms with E-state index in [1.807, 2.05) is 20.8 Å². The number of nitrogens with zero attached hydrogens (tertiary/aromatic N) is 1. The summed E-state index contributed by atoms with van der Waals surface area (Å²) in [6.45, 7) is 5.84. The molecule has 0 unspecified atom stereocenters. The van der Waals surface area contributed by atoms with Crippen molar-refractivity contribution in [2.45, 2.75) is 38.7 Å². The number of imide groups is 1. The maximum absolute atomic E-state index is 12.4. The Hall–Kier alpha value is -1.72. The molecule has 0 N–H and O–H groups in total. The molecule has 2 heterocycles. The third kappa shape index (κ3) is 1.94. The Morgan fingerprint density at radius 3 is 2.20 bits per heavy atom. The van der Waals surface area contributed by atoms with Gasteiger partial charge in [-0.25, -0.2) is 0 Å². The van der Waals surface area contributed by atoms with Crippen molar-refractivity contribution in [2.75, 3.05) is 6.61 Å². The van der Waals surface area contributed by atoms with Gasteiger partial charge in [0.05, 0.1) is 23.8 Å². The van der Waals surface area contributed by atoms with Crippen LogP contribution in [-0.4, -0.2) is 41.3 Å². The second kappa shape index (κ2) is 4.40. The van der Waals surface area contributed by atoms with E-state index in [1.54, 1.807) is 24.3 Å². The highest BCUT2D eigenvalue weighted by molar-refractivity contribution is 6.21. The minimum absolute atomic E-state index is 0.258.